The first-order valence-corrected chi connectivity index (χ1v) is 4.69. The molecule has 0 saturated heterocycles. The number of imidazole rings is 1. The van der Waals surface area contributed by atoms with Crippen molar-refractivity contribution >= 4 is 0 Å². The number of nitrogens with zero attached hydrogens (tertiary/aromatic N) is 1. The molecule has 2 unspecified atom stereocenters. The minimum atomic E-state index is -0.750. The van der Waals surface area contributed by atoms with Gasteiger partial charge in [-0.3, -0.25) is 0 Å². The van der Waals surface area contributed by atoms with Crippen molar-refractivity contribution in [1.82, 2.24) is 9.97 Å². The van der Waals surface area contributed by atoms with Crippen LogP contribution in [0, 0.1) is 6.92 Å². The Bertz CT molecular complexity index is 296. The number of nitrogens with two attached hydrogens (primary N) is 1. The van der Waals surface area contributed by atoms with Crippen molar-refractivity contribution in [3.05, 3.63) is 11.4 Å². The molecular formula is C9H17N3O2. The Kier molecular flexibility index (Phi) is 3.49. The predicted molar refractivity (Wildman–Crippen MR) is 53.1 cm³/mol. The summed E-state index contributed by atoms with van der Waals surface area (Å²) in [6, 6.07) is 0.0891. The minimum Gasteiger partial charge on any atom is -0.465 e. The van der Waals surface area contributed by atoms with Crippen LogP contribution < -0.4 is 10.5 Å². The Morgan fingerprint density at radius 1 is 1.64 bits per heavy atom. The number of aliphatic hydroxyl groups is 1. The predicted octanol–water partition coefficient (Wildman–Crippen LogP) is 0.497. The smallest absolute Gasteiger partial charge is 0.294 e. The van der Waals surface area contributed by atoms with Crippen LogP contribution in [0.5, 0.6) is 6.01 Å². The van der Waals surface area contributed by atoms with Gasteiger partial charge < -0.3 is 20.6 Å². The molecule has 5 heteroatoms. The Morgan fingerprint density at radius 2 is 2.29 bits per heavy atom. The largest absolute Gasteiger partial charge is 0.465 e. The lowest BCUT2D eigenvalue weighted by Gasteiger charge is -2.12. The molecule has 0 fully saturated rings. The molecule has 5 nitrogen and oxygen atoms in total. The summed E-state index contributed by atoms with van der Waals surface area (Å²) in [5, 5.41) is 9.70. The van der Waals surface area contributed by atoms with Crippen LogP contribution in [0.3, 0.4) is 0 Å². The molecule has 0 aliphatic rings. The first-order chi connectivity index (χ1) is 6.56. The van der Waals surface area contributed by atoms with Crippen LogP contribution >= 0.6 is 0 Å². The lowest BCUT2D eigenvalue weighted by molar-refractivity contribution is 0.148. The third-order valence-corrected chi connectivity index (χ3v) is 1.96. The van der Waals surface area contributed by atoms with E-state index < -0.39 is 6.10 Å². The van der Waals surface area contributed by atoms with Crippen LogP contribution in [0.2, 0.25) is 0 Å². The normalized spacial score (nSPS) is 15.2. The summed E-state index contributed by atoms with van der Waals surface area (Å²) in [5.41, 5.74) is 6.92. The van der Waals surface area contributed by atoms with Gasteiger partial charge in [-0.2, -0.15) is 4.98 Å². The molecule has 0 spiro atoms. The van der Waals surface area contributed by atoms with Crippen LogP contribution in [-0.2, 0) is 0 Å². The number of aromatic amines is 1. The molecule has 0 saturated carbocycles. The summed E-state index contributed by atoms with van der Waals surface area (Å²) in [6.07, 6.45) is -0.750. The Balaban J connectivity index is 2.86. The molecule has 1 heterocycles. The zero-order valence-corrected chi connectivity index (χ0v) is 8.74. The summed E-state index contributed by atoms with van der Waals surface area (Å²) >= 11 is 0. The number of nitrogens with one attached hydrogen (secondary N) is 1. The number of aromatic nitrogens is 2. The van der Waals surface area contributed by atoms with Gasteiger partial charge in [0.1, 0.15) is 6.10 Å². The van der Waals surface area contributed by atoms with E-state index >= 15 is 0 Å². The van der Waals surface area contributed by atoms with Gasteiger partial charge in [-0.15, -0.1) is 0 Å². The summed E-state index contributed by atoms with van der Waals surface area (Å²) in [7, 11) is 0. The van der Waals surface area contributed by atoms with Gasteiger partial charge in [0.05, 0.1) is 12.3 Å². The van der Waals surface area contributed by atoms with E-state index in [1.165, 1.54) is 0 Å². The van der Waals surface area contributed by atoms with Crippen molar-refractivity contribution in [2.24, 2.45) is 5.73 Å². The second-order valence-electron chi connectivity index (χ2n) is 3.29. The standard InChI is InChI=1S/C9H17N3O2/c1-4-14-9-11-6(3)7(12-9)8(13)5(2)10/h5,8,13H,4,10H2,1-3H3,(H,11,12). The second kappa shape index (κ2) is 4.43. The number of H-pyrrole nitrogens is 1. The molecule has 1 rings (SSSR count). The molecule has 2 atom stereocenters. The van der Waals surface area contributed by atoms with Crippen LogP contribution in [0.4, 0.5) is 0 Å². The van der Waals surface area contributed by atoms with Gasteiger partial charge in [0.25, 0.3) is 6.01 Å². The van der Waals surface area contributed by atoms with Crippen molar-refractivity contribution in [2.75, 3.05) is 6.61 Å². The fraction of sp³-hybridized carbons (Fsp3) is 0.667. The number of aliphatic hydroxyl groups excluding tert-OH is 1. The zero-order valence-electron chi connectivity index (χ0n) is 8.74. The van der Waals surface area contributed by atoms with Gasteiger partial charge in [0.15, 0.2) is 0 Å². The fourth-order valence-corrected chi connectivity index (χ4v) is 1.19. The highest BCUT2D eigenvalue weighted by Gasteiger charge is 2.19. The van der Waals surface area contributed by atoms with Crippen molar-refractivity contribution in [2.45, 2.75) is 32.9 Å². The maximum Gasteiger partial charge on any atom is 0.294 e. The molecule has 4 N–H and O–H groups in total. The first kappa shape index (κ1) is 11.0. The van der Waals surface area contributed by atoms with Crippen LogP contribution in [-0.4, -0.2) is 27.7 Å². The number of ether oxygens (including phenoxy) is 1. The van der Waals surface area contributed by atoms with Crippen LogP contribution in [0.15, 0.2) is 0 Å². The highest BCUT2D eigenvalue weighted by molar-refractivity contribution is 5.19. The molecule has 0 radical (unpaired) electrons. The number of rotatable bonds is 4. The molecular weight excluding hydrogens is 182 g/mol. The van der Waals surface area contributed by atoms with Crippen molar-refractivity contribution < 1.29 is 9.84 Å². The monoisotopic (exact) mass is 199 g/mol. The van der Waals surface area contributed by atoms with E-state index in [1.54, 1.807) is 6.92 Å². The Hall–Kier alpha value is -1.07. The minimum absolute atomic E-state index is 0.341. The molecule has 0 amide bonds. The molecule has 0 bridgehead atoms. The van der Waals surface area contributed by atoms with Gasteiger partial charge in [0.2, 0.25) is 0 Å². The van der Waals surface area contributed by atoms with E-state index in [2.05, 4.69) is 9.97 Å². The van der Waals surface area contributed by atoms with Crippen molar-refractivity contribution in [1.29, 1.82) is 0 Å². The molecule has 0 aromatic carbocycles. The maximum atomic E-state index is 9.70. The van der Waals surface area contributed by atoms with Gasteiger partial charge >= 0.3 is 0 Å². The van der Waals surface area contributed by atoms with E-state index in [0.29, 0.717) is 18.3 Å². The van der Waals surface area contributed by atoms with Gasteiger partial charge in [-0.05, 0) is 20.8 Å². The Morgan fingerprint density at radius 3 is 2.79 bits per heavy atom. The van der Waals surface area contributed by atoms with Gasteiger partial charge in [-0.25, -0.2) is 0 Å². The van der Waals surface area contributed by atoms with E-state index in [-0.39, 0.29) is 6.04 Å². The van der Waals surface area contributed by atoms with Crippen molar-refractivity contribution in [3.63, 3.8) is 0 Å². The molecule has 1 aromatic heterocycles. The number of hydrogen-bond donors (Lipinski definition) is 3. The molecule has 0 aliphatic carbocycles. The molecule has 1 aromatic rings. The third kappa shape index (κ3) is 2.24. The lowest BCUT2D eigenvalue weighted by Crippen LogP contribution is -2.25. The average Bonchev–Trinajstić information content (AvgIpc) is 2.46. The summed E-state index contributed by atoms with van der Waals surface area (Å²) in [6.45, 7) is 5.98. The van der Waals surface area contributed by atoms with Gasteiger partial charge in [0, 0.05) is 11.7 Å². The topological polar surface area (TPSA) is 84.2 Å². The summed E-state index contributed by atoms with van der Waals surface area (Å²) in [4.78, 5) is 7.05. The fourth-order valence-electron chi connectivity index (χ4n) is 1.19. The molecule has 14 heavy (non-hydrogen) atoms. The maximum absolute atomic E-state index is 9.70. The Labute approximate surface area is 83.3 Å². The van der Waals surface area contributed by atoms with Crippen molar-refractivity contribution in [3.8, 4) is 6.01 Å². The quantitative estimate of drug-likeness (QED) is 0.659. The summed E-state index contributed by atoms with van der Waals surface area (Å²) < 4.78 is 5.18. The summed E-state index contributed by atoms with van der Waals surface area (Å²) in [5.74, 6) is 0. The second-order valence-corrected chi connectivity index (χ2v) is 3.29. The zero-order chi connectivity index (χ0) is 10.7. The molecule has 0 aliphatic heterocycles. The number of hydrogen-bond acceptors (Lipinski definition) is 4. The highest BCUT2D eigenvalue weighted by Crippen LogP contribution is 2.20. The van der Waals surface area contributed by atoms with E-state index in [1.807, 2.05) is 13.8 Å². The third-order valence-electron chi connectivity index (χ3n) is 1.96. The highest BCUT2D eigenvalue weighted by atomic mass is 16.5. The van der Waals surface area contributed by atoms with E-state index in [4.69, 9.17) is 10.5 Å². The SMILES string of the molecule is CCOc1nc(C(O)C(C)N)c(C)[nH]1. The lowest BCUT2D eigenvalue weighted by atomic mass is 10.1. The first-order valence-electron chi connectivity index (χ1n) is 4.69. The van der Waals surface area contributed by atoms with E-state index in [0.717, 1.165) is 5.69 Å². The van der Waals surface area contributed by atoms with Crippen LogP contribution in [0.25, 0.3) is 0 Å². The number of aryl methyl sites for hydroxylation is 1. The van der Waals surface area contributed by atoms with Gasteiger partial charge in [-0.1, -0.05) is 0 Å². The molecule has 80 valence electrons. The average molecular weight is 199 g/mol. The van der Waals surface area contributed by atoms with E-state index in [9.17, 15) is 5.11 Å². The van der Waals surface area contributed by atoms with Crippen LogP contribution in [0.1, 0.15) is 31.3 Å².